The Morgan fingerprint density at radius 1 is 1.35 bits per heavy atom. The monoisotopic (exact) mass is 314 g/mol. The van der Waals surface area contributed by atoms with Crippen molar-refractivity contribution in [3.8, 4) is 17.0 Å². The van der Waals surface area contributed by atoms with E-state index in [9.17, 15) is 14.7 Å². The van der Waals surface area contributed by atoms with Crippen LogP contribution in [0.1, 0.15) is 34.3 Å². The zero-order valence-corrected chi connectivity index (χ0v) is 13.2. The molecule has 1 aliphatic rings. The number of aromatic amines is 1. The number of carboxylic acid groups (broad SMARTS) is 1. The number of fused-ring (bicyclic) bond motifs is 3. The van der Waals surface area contributed by atoms with Crippen molar-refractivity contribution in [2.24, 2.45) is 0 Å². The van der Waals surface area contributed by atoms with Gasteiger partial charge in [0.05, 0.1) is 5.69 Å². The lowest BCUT2D eigenvalue weighted by Crippen LogP contribution is -2.23. The summed E-state index contributed by atoms with van der Waals surface area (Å²) in [5, 5.41) is 19.5. The second-order valence-corrected chi connectivity index (χ2v) is 6.11. The average molecular weight is 314 g/mol. The van der Waals surface area contributed by atoms with Gasteiger partial charge < -0.3 is 20.1 Å². The van der Waals surface area contributed by atoms with Gasteiger partial charge in [0.25, 0.3) is 5.56 Å². The third kappa shape index (κ3) is 2.27. The lowest BCUT2D eigenvalue weighted by Gasteiger charge is -2.27. The van der Waals surface area contributed by atoms with Crippen LogP contribution >= 0.6 is 0 Å². The van der Waals surface area contributed by atoms with Gasteiger partial charge in [0.15, 0.2) is 5.56 Å². The zero-order valence-electron chi connectivity index (χ0n) is 13.2. The molecule has 1 unspecified atom stereocenters. The maximum absolute atomic E-state index is 12.0. The van der Waals surface area contributed by atoms with Crippen molar-refractivity contribution in [1.82, 2.24) is 4.98 Å². The molecule has 3 N–H and O–H groups in total. The standard InChI is InChI=1S/C17H18N2O4/c1-8-6-9-7-10(19(2)3)4-5-11(9)14-12(8)15(20)13(17(22)23)16(21)18-14/h4-5,7-8H,6H2,1-3H3,(H,22,23)(H2,18,20,21). The third-order valence-electron chi connectivity index (χ3n) is 4.33. The zero-order chi connectivity index (χ0) is 16.9. The van der Waals surface area contributed by atoms with E-state index in [0.717, 1.165) is 16.8 Å². The second-order valence-electron chi connectivity index (χ2n) is 6.11. The van der Waals surface area contributed by atoms with Crippen LogP contribution in [-0.2, 0) is 6.42 Å². The van der Waals surface area contributed by atoms with E-state index in [1.165, 1.54) is 0 Å². The molecule has 1 aliphatic carbocycles. The first kappa shape index (κ1) is 15.1. The SMILES string of the molecule is CC1Cc2cc(N(C)C)ccc2-c2[nH]c(=O)c(C(=O)O)c(O)c21. The molecule has 0 saturated carbocycles. The first-order valence-electron chi connectivity index (χ1n) is 7.34. The topological polar surface area (TPSA) is 93.6 Å². The number of aromatic nitrogens is 1. The summed E-state index contributed by atoms with van der Waals surface area (Å²) in [5.74, 6) is -1.94. The molecule has 120 valence electrons. The fraction of sp³-hybridized carbons (Fsp3) is 0.294. The molecule has 2 aromatic rings. The Bertz CT molecular complexity index is 868. The van der Waals surface area contributed by atoms with Gasteiger partial charge in [0.1, 0.15) is 5.75 Å². The molecule has 0 spiro atoms. The molecule has 0 radical (unpaired) electrons. The van der Waals surface area contributed by atoms with Gasteiger partial charge in [-0.15, -0.1) is 0 Å². The number of carboxylic acids is 1. The molecule has 1 atom stereocenters. The number of pyridine rings is 1. The van der Waals surface area contributed by atoms with E-state index in [-0.39, 0.29) is 5.92 Å². The normalized spacial score (nSPS) is 15.7. The number of hydrogen-bond acceptors (Lipinski definition) is 4. The van der Waals surface area contributed by atoms with Crippen LogP contribution in [0.5, 0.6) is 5.75 Å². The van der Waals surface area contributed by atoms with E-state index in [1.54, 1.807) is 0 Å². The predicted molar refractivity (Wildman–Crippen MR) is 87.6 cm³/mol. The lowest BCUT2D eigenvalue weighted by atomic mass is 9.81. The van der Waals surface area contributed by atoms with Gasteiger partial charge in [-0.25, -0.2) is 4.79 Å². The number of nitrogens with zero attached hydrogens (tertiary/aromatic N) is 1. The van der Waals surface area contributed by atoms with Gasteiger partial charge >= 0.3 is 5.97 Å². The maximum Gasteiger partial charge on any atom is 0.345 e. The summed E-state index contributed by atoms with van der Waals surface area (Å²) in [7, 11) is 3.91. The molecule has 0 fully saturated rings. The minimum absolute atomic E-state index is 0.0927. The molecule has 23 heavy (non-hydrogen) atoms. The van der Waals surface area contributed by atoms with Crippen LogP contribution in [0.15, 0.2) is 23.0 Å². The number of benzene rings is 1. The first-order chi connectivity index (χ1) is 10.8. The number of aromatic carboxylic acids is 1. The summed E-state index contributed by atoms with van der Waals surface area (Å²) in [4.78, 5) is 27.9. The molecule has 6 heteroatoms. The molecule has 0 aliphatic heterocycles. The van der Waals surface area contributed by atoms with Crippen LogP contribution < -0.4 is 10.5 Å². The molecular weight excluding hydrogens is 296 g/mol. The summed E-state index contributed by atoms with van der Waals surface area (Å²) < 4.78 is 0. The Morgan fingerprint density at radius 3 is 2.65 bits per heavy atom. The van der Waals surface area contributed by atoms with Crippen molar-refractivity contribution in [3.05, 3.63) is 45.2 Å². The van der Waals surface area contributed by atoms with E-state index >= 15 is 0 Å². The van der Waals surface area contributed by atoms with Crippen molar-refractivity contribution in [2.75, 3.05) is 19.0 Å². The minimum Gasteiger partial charge on any atom is -0.506 e. The number of nitrogens with one attached hydrogen (secondary N) is 1. The fourth-order valence-corrected chi connectivity index (χ4v) is 3.20. The minimum atomic E-state index is -1.42. The van der Waals surface area contributed by atoms with E-state index in [0.29, 0.717) is 17.7 Å². The van der Waals surface area contributed by atoms with E-state index in [4.69, 9.17) is 5.11 Å². The Kier molecular flexibility index (Phi) is 3.39. The van der Waals surface area contributed by atoms with Crippen LogP contribution in [-0.4, -0.2) is 35.3 Å². The molecule has 0 saturated heterocycles. The Hall–Kier alpha value is -2.76. The van der Waals surface area contributed by atoms with Gasteiger partial charge in [0.2, 0.25) is 0 Å². The number of rotatable bonds is 2. The molecule has 1 heterocycles. The van der Waals surface area contributed by atoms with Gasteiger partial charge in [-0.05, 0) is 30.0 Å². The highest BCUT2D eigenvalue weighted by Gasteiger charge is 2.30. The first-order valence-corrected chi connectivity index (χ1v) is 7.34. The van der Waals surface area contributed by atoms with Gasteiger partial charge in [-0.1, -0.05) is 13.0 Å². The van der Waals surface area contributed by atoms with Crippen LogP contribution in [0.25, 0.3) is 11.3 Å². The summed E-state index contributed by atoms with van der Waals surface area (Å²) >= 11 is 0. The summed E-state index contributed by atoms with van der Waals surface area (Å²) in [6.07, 6.45) is 0.669. The third-order valence-corrected chi connectivity index (χ3v) is 4.33. The van der Waals surface area contributed by atoms with Crippen molar-refractivity contribution in [3.63, 3.8) is 0 Å². The molecule has 1 aromatic heterocycles. The van der Waals surface area contributed by atoms with Crippen molar-refractivity contribution < 1.29 is 15.0 Å². The Morgan fingerprint density at radius 2 is 2.04 bits per heavy atom. The van der Waals surface area contributed by atoms with Crippen molar-refractivity contribution >= 4 is 11.7 Å². The Balaban J connectivity index is 2.30. The summed E-state index contributed by atoms with van der Waals surface area (Å²) in [6, 6.07) is 5.87. The number of H-pyrrole nitrogens is 1. The largest absolute Gasteiger partial charge is 0.506 e. The lowest BCUT2D eigenvalue weighted by molar-refractivity contribution is 0.0691. The summed E-state index contributed by atoms with van der Waals surface area (Å²) in [5.41, 5.74) is 2.56. The predicted octanol–water partition coefficient (Wildman–Crippen LogP) is 2.17. The smallest absolute Gasteiger partial charge is 0.345 e. The molecule has 3 rings (SSSR count). The van der Waals surface area contributed by atoms with E-state index in [2.05, 4.69) is 11.1 Å². The quantitative estimate of drug-likeness (QED) is 0.790. The molecule has 0 amide bonds. The van der Waals surface area contributed by atoms with Crippen LogP contribution in [0.4, 0.5) is 5.69 Å². The van der Waals surface area contributed by atoms with Crippen molar-refractivity contribution in [2.45, 2.75) is 19.3 Å². The maximum atomic E-state index is 12.0. The molecule has 6 nitrogen and oxygen atoms in total. The average Bonchev–Trinajstić information content (AvgIpc) is 2.45. The van der Waals surface area contributed by atoms with E-state index < -0.39 is 22.8 Å². The summed E-state index contributed by atoms with van der Waals surface area (Å²) in [6.45, 7) is 1.91. The van der Waals surface area contributed by atoms with Gasteiger partial charge in [0, 0.05) is 30.9 Å². The fourth-order valence-electron chi connectivity index (χ4n) is 3.20. The van der Waals surface area contributed by atoms with Crippen LogP contribution in [0.3, 0.4) is 0 Å². The Labute approximate surface area is 133 Å². The second kappa shape index (κ2) is 5.15. The number of hydrogen-bond donors (Lipinski definition) is 3. The number of carbonyl (C=O) groups is 1. The highest BCUT2D eigenvalue weighted by Crippen LogP contribution is 2.43. The molecule has 0 bridgehead atoms. The number of anilines is 1. The van der Waals surface area contributed by atoms with E-state index in [1.807, 2.05) is 38.1 Å². The highest BCUT2D eigenvalue weighted by molar-refractivity contribution is 5.92. The van der Waals surface area contributed by atoms with Crippen LogP contribution in [0, 0.1) is 0 Å². The van der Waals surface area contributed by atoms with Crippen LogP contribution in [0.2, 0.25) is 0 Å². The van der Waals surface area contributed by atoms with Gasteiger partial charge in [-0.2, -0.15) is 0 Å². The van der Waals surface area contributed by atoms with Crippen molar-refractivity contribution in [1.29, 1.82) is 0 Å². The number of aromatic hydroxyl groups is 1. The van der Waals surface area contributed by atoms with Gasteiger partial charge in [-0.3, -0.25) is 4.79 Å². The molecule has 1 aromatic carbocycles. The molecular formula is C17H18N2O4. The highest BCUT2D eigenvalue weighted by atomic mass is 16.4.